The lowest BCUT2D eigenvalue weighted by Crippen LogP contribution is -2.54. The fraction of sp³-hybridized carbons (Fsp3) is 0.714. The van der Waals surface area contributed by atoms with Crippen LogP contribution in [0.3, 0.4) is 0 Å². The lowest BCUT2D eigenvalue weighted by Gasteiger charge is -2.44. The van der Waals surface area contributed by atoms with E-state index >= 15 is 0 Å². The van der Waals surface area contributed by atoms with E-state index in [1.54, 1.807) is 12.3 Å². The highest BCUT2D eigenvalue weighted by Crippen LogP contribution is 2.42. The van der Waals surface area contributed by atoms with Crippen molar-refractivity contribution in [3.63, 3.8) is 0 Å². The number of methoxy groups -OCH3 is 1. The van der Waals surface area contributed by atoms with E-state index < -0.39 is 0 Å². The second kappa shape index (κ2) is 7.66. The van der Waals surface area contributed by atoms with E-state index in [2.05, 4.69) is 14.8 Å². The van der Waals surface area contributed by atoms with Crippen molar-refractivity contribution in [3.8, 4) is 5.75 Å². The predicted molar refractivity (Wildman–Crippen MR) is 104 cm³/mol. The summed E-state index contributed by atoms with van der Waals surface area (Å²) in [6, 6.07) is 2.08. The second-order valence-electron chi connectivity index (χ2n) is 8.53. The minimum absolute atomic E-state index is 0.0997. The van der Waals surface area contributed by atoms with Crippen molar-refractivity contribution < 1.29 is 9.53 Å². The van der Waals surface area contributed by atoms with Gasteiger partial charge in [0.15, 0.2) is 5.75 Å². The van der Waals surface area contributed by atoms with Gasteiger partial charge in [-0.3, -0.25) is 14.5 Å². The van der Waals surface area contributed by atoms with Crippen LogP contribution in [-0.4, -0.2) is 53.5 Å². The molecule has 1 aromatic heterocycles. The Labute approximate surface area is 160 Å². The number of hydrogen-bond donors (Lipinski definition) is 1. The average molecular weight is 373 g/mol. The average Bonchev–Trinajstić information content (AvgIpc) is 3.08. The number of amides is 1. The van der Waals surface area contributed by atoms with Crippen LogP contribution < -0.4 is 10.2 Å². The maximum atomic E-state index is 13.4. The largest absolute Gasteiger partial charge is 0.491 e. The molecule has 0 unspecified atom stereocenters. The molecule has 2 saturated heterocycles. The first-order valence-corrected chi connectivity index (χ1v) is 10.4. The van der Waals surface area contributed by atoms with Crippen molar-refractivity contribution in [2.75, 3.05) is 26.7 Å². The predicted octanol–water partition coefficient (Wildman–Crippen LogP) is 2.53. The highest BCUT2D eigenvalue weighted by molar-refractivity contribution is 5.84. The van der Waals surface area contributed by atoms with Crippen LogP contribution in [0.5, 0.6) is 5.75 Å². The molecule has 148 valence electrons. The Bertz CT molecular complexity index is 740. The van der Waals surface area contributed by atoms with Crippen molar-refractivity contribution in [1.82, 2.24) is 14.8 Å². The third-order valence-corrected chi connectivity index (χ3v) is 6.77. The molecule has 0 bridgehead atoms. The van der Waals surface area contributed by atoms with Gasteiger partial charge in [-0.1, -0.05) is 19.3 Å². The molecule has 1 spiro atoms. The summed E-state index contributed by atoms with van der Waals surface area (Å²) in [7, 11) is 1.50. The van der Waals surface area contributed by atoms with Crippen molar-refractivity contribution in [2.45, 2.75) is 64.0 Å². The van der Waals surface area contributed by atoms with E-state index in [0.717, 1.165) is 44.6 Å². The number of hydrogen-bond acceptors (Lipinski definition) is 4. The second-order valence-corrected chi connectivity index (χ2v) is 8.53. The van der Waals surface area contributed by atoms with E-state index in [1.165, 1.54) is 39.2 Å². The first-order chi connectivity index (χ1) is 13.1. The molecule has 0 radical (unpaired) electrons. The number of piperidine rings is 1. The number of ether oxygens (including phenoxy) is 1. The Kier molecular flexibility index (Phi) is 5.26. The van der Waals surface area contributed by atoms with Gasteiger partial charge in [0, 0.05) is 43.6 Å². The van der Waals surface area contributed by atoms with Gasteiger partial charge in [-0.05, 0) is 38.6 Å². The molecule has 4 rings (SSSR count). The summed E-state index contributed by atoms with van der Waals surface area (Å²) in [6.45, 7) is 3.34. The number of aromatic nitrogens is 1. The Balaban J connectivity index is 1.43. The van der Waals surface area contributed by atoms with E-state index in [-0.39, 0.29) is 10.8 Å². The summed E-state index contributed by atoms with van der Waals surface area (Å²) in [5, 5.41) is 0. The van der Waals surface area contributed by atoms with Crippen LogP contribution >= 0.6 is 0 Å². The highest BCUT2D eigenvalue weighted by atomic mass is 16.5. The molecule has 3 aliphatic rings. The summed E-state index contributed by atoms with van der Waals surface area (Å²) in [5.74, 6) is 0.730. The summed E-state index contributed by atoms with van der Waals surface area (Å²) >= 11 is 0. The van der Waals surface area contributed by atoms with Crippen LogP contribution in [-0.2, 0) is 11.3 Å². The topological polar surface area (TPSA) is 65.6 Å². The zero-order chi connectivity index (χ0) is 18.9. The maximum Gasteiger partial charge on any atom is 0.230 e. The Morgan fingerprint density at radius 2 is 1.96 bits per heavy atom. The lowest BCUT2D eigenvalue weighted by molar-refractivity contribution is -0.149. The Morgan fingerprint density at radius 1 is 1.15 bits per heavy atom. The number of H-pyrrole nitrogens is 1. The first-order valence-electron chi connectivity index (χ1n) is 10.4. The number of nitrogens with one attached hydrogen (secondary N) is 1. The third-order valence-electron chi connectivity index (χ3n) is 6.77. The number of aromatic amines is 1. The number of rotatable bonds is 4. The van der Waals surface area contributed by atoms with Crippen LogP contribution in [0.25, 0.3) is 0 Å². The molecule has 2 aliphatic heterocycles. The summed E-state index contributed by atoms with van der Waals surface area (Å²) in [5.41, 5.74) is 0.574. The van der Waals surface area contributed by atoms with Gasteiger partial charge in [-0.2, -0.15) is 0 Å². The fourth-order valence-electron chi connectivity index (χ4n) is 5.31. The molecule has 3 heterocycles. The van der Waals surface area contributed by atoms with E-state index in [1.807, 2.05) is 0 Å². The zero-order valence-electron chi connectivity index (χ0n) is 16.3. The minimum Gasteiger partial charge on any atom is -0.491 e. The van der Waals surface area contributed by atoms with Crippen molar-refractivity contribution in [3.05, 3.63) is 28.2 Å². The number of likely N-dealkylation sites (tertiary alicyclic amines) is 2. The smallest absolute Gasteiger partial charge is 0.230 e. The maximum absolute atomic E-state index is 13.4. The summed E-state index contributed by atoms with van der Waals surface area (Å²) < 4.78 is 5.04. The SMILES string of the molecule is COc1c[nH]c(CN2CC[C@@]3(CCCN(C4CCCCC4)C3=O)C2)cc1=O. The van der Waals surface area contributed by atoms with Gasteiger partial charge in [-0.15, -0.1) is 0 Å². The molecule has 1 saturated carbocycles. The monoisotopic (exact) mass is 373 g/mol. The quantitative estimate of drug-likeness (QED) is 0.881. The highest BCUT2D eigenvalue weighted by Gasteiger charge is 2.49. The van der Waals surface area contributed by atoms with E-state index in [0.29, 0.717) is 24.2 Å². The molecule has 1 atom stereocenters. The van der Waals surface area contributed by atoms with Crippen LogP contribution in [0, 0.1) is 5.41 Å². The molecular formula is C21H31N3O3. The van der Waals surface area contributed by atoms with Crippen LogP contribution in [0.1, 0.15) is 57.1 Å². The van der Waals surface area contributed by atoms with Gasteiger partial charge in [0.2, 0.25) is 11.3 Å². The van der Waals surface area contributed by atoms with Gasteiger partial charge in [0.05, 0.1) is 12.5 Å². The van der Waals surface area contributed by atoms with Crippen molar-refractivity contribution in [1.29, 1.82) is 0 Å². The number of nitrogens with zero attached hydrogens (tertiary/aromatic N) is 2. The van der Waals surface area contributed by atoms with E-state index in [4.69, 9.17) is 4.74 Å². The third kappa shape index (κ3) is 3.64. The zero-order valence-corrected chi connectivity index (χ0v) is 16.3. The van der Waals surface area contributed by atoms with Gasteiger partial charge in [0.1, 0.15) is 0 Å². The number of carbonyl (C=O) groups is 1. The molecule has 1 amide bonds. The fourth-order valence-corrected chi connectivity index (χ4v) is 5.31. The van der Waals surface area contributed by atoms with Crippen LogP contribution in [0.2, 0.25) is 0 Å². The summed E-state index contributed by atoms with van der Waals surface area (Å²) in [6.07, 6.45) is 10.9. The van der Waals surface area contributed by atoms with E-state index in [9.17, 15) is 9.59 Å². The molecule has 27 heavy (non-hydrogen) atoms. The number of pyridine rings is 1. The standard InChI is InChI=1S/C21H31N3O3/c1-27-19-13-22-16(12-18(19)25)14-23-11-9-21(15-23)8-5-10-24(20(21)26)17-6-3-2-4-7-17/h12-13,17H,2-11,14-15H2,1H3,(H,22,25)/t21-/m0/s1. The normalized spacial score (nSPS) is 27.4. The van der Waals surface area contributed by atoms with Gasteiger partial charge in [-0.25, -0.2) is 0 Å². The molecule has 1 aromatic rings. The molecular weight excluding hydrogens is 342 g/mol. The Morgan fingerprint density at radius 3 is 2.70 bits per heavy atom. The van der Waals surface area contributed by atoms with Gasteiger partial charge >= 0.3 is 0 Å². The van der Waals surface area contributed by atoms with Crippen molar-refractivity contribution >= 4 is 5.91 Å². The molecule has 6 heteroatoms. The van der Waals surface area contributed by atoms with Crippen LogP contribution in [0.15, 0.2) is 17.1 Å². The molecule has 0 aromatic carbocycles. The van der Waals surface area contributed by atoms with Crippen LogP contribution in [0.4, 0.5) is 0 Å². The minimum atomic E-state index is -0.206. The number of carbonyl (C=O) groups excluding carboxylic acids is 1. The molecule has 1 aliphatic carbocycles. The Hall–Kier alpha value is -1.82. The summed E-state index contributed by atoms with van der Waals surface area (Å²) in [4.78, 5) is 33.1. The molecule has 6 nitrogen and oxygen atoms in total. The lowest BCUT2D eigenvalue weighted by atomic mass is 9.77. The first kappa shape index (κ1) is 18.5. The van der Waals surface area contributed by atoms with Gasteiger partial charge in [0.25, 0.3) is 0 Å². The van der Waals surface area contributed by atoms with Gasteiger partial charge < -0.3 is 14.6 Å². The van der Waals surface area contributed by atoms with Crippen molar-refractivity contribution in [2.24, 2.45) is 5.41 Å². The molecule has 3 fully saturated rings. The molecule has 1 N–H and O–H groups in total.